The zero-order valence-electron chi connectivity index (χ0n) is 9.77. The summed E-state index contributed by atoms with van der Waals surface area (Å²) >= 11 is 7.55. The number of aryl methyl sites for hydroxylation is 1. The Hall–Kier alpha value is -0.910. The van der Waals surface area contributed by atoms with Crippen molar-refractivity contribution < 1.29 is 5.11 Å². The summed E-state index contributed by atoms with van der Waals surface area (Å²) in [7, 11) is 1.89. The van der Waals surface area contributed by atoms with Gasteiger partial charge in [0.2, 0.25) is 5.28 Å². The number of aromatic nitrogens is 2. The van der Waals surface area contributed by atoms with Gasteiger partial charge < -0.3 is 10.0 Å². The third-order valence-corrected chi connectivity index (χ3v) is 3.88. The van der Waals surface area contributed by atoms with Gasteiger partial charge in [-0.15, -0.1) is 11.3 Å². The lowest BCUT2D eigenvalue weighted by molar-refractivity contribution is 0.304. The molecule has 0 spiro atoms. The summed E-state index contributed by atoms with van der Waals surface area (Å²) in [4.78, 5) is 12.5. The number of aliphatic hydroxyl groups is 1. The van der Waals surface area contributed by atoms with E-state index in [-0.39, 0.29) is 11.9 Å². The first-order valence-electron chi connectivity index (χ1n) is 5.43. The van der Waals surface area contributed by atoms with Gasteiger partial charge in [-0.2, -0.15) is 4.98 Å². The predicted molar refractivity (Wildman–Crippen MR) is 72.2 cm³/mol. The SMILES string of the molecule is CCc1cc2c(N(C)CCO)nc(Cl)nc2s1. The number of anilines is 1. The number of fused-ring (bicyclic) bond motifs is 1. The topological polar surface area (TPSA) is 49.2 Å². The second-order valence-corrected chi connectivity index (χ2v) is 5.20. The number of rotatable bonds is 4. The van der Waals surface area contributed by atoms with E-state index in [0.29, 0.717) is 6.54 Å². The van der Waals surface area contributed by atoms with E-state index < -0.39 is 0 Å². The molecule has 0 aromatic carbocycles. The summed E-state index contributed by atoms with van der Waals surface area (Å²) < 4.78 is 0. The van der Waals surface area contributed by atoms with Gasteiger partial charge in [0.25, 0.3) is 0 Å². The van der Waals surface area contributed by atoms with Crippen LogP contribution in [0.15, 0.2) is 6.07 Å². The Morgan fingerprint density at radius 1 is 1.47 bits per heavy atom. The van der Waals surface area contributed by atoms with Crippen molar-refractivity contribution in [2.45, 2.75) is 13.3 Å². The van der Waals surface area contributed by atoms with E-state index in [1.807, 2.05) is 11.9 Å². The molecule has 0 aliphatic heterocycles. The molecule has 0 aliphatic carbocycles. The molecule has 0 fully saturated rings. The zero-order chi connectivity index (χ0) is 12.4. The van der Waals surface area contributed by atoms with E-state index in [9.17, 15) is 0 Å². The summed E-state index contributed by atoms with van der Waals surface area (Å²) in [6.07, 6.45) is 0.974. The molecular formula is C11H14ClN3OS. The van der Waals surface area contributed by atoms with Crippen LogP contribution in [-0.4, -0.2) is 35.3 Å². The predicted octanol–water partition coefficient (Wildman–Crippen LogP) is 2.34. The van der Waals surface area contributed by atoms with E-state index in [2.05, 4.69) is 23.0 Å². The highest BCUT2D eigenvalue weighted by Crippen LogP contribution is 2.31. The quantitative estimate of drug-likeness (QED) is 0.867. The Bertz CT molecular complexity index is 529. The van der Waals surface area contributed by atoms with E-state index in [1.54, 1.807) is 11.3 Å². The van der Waals surface area contributed by atoms with E-state index in [1.165, 1.54) is 4.88 Å². The molecule has 2 aromatic rings. The van der Waals surface area contributed by atoms with Gasteiger partial charge in [-0.25, -0.2) is 4.98 Å². The molecule has 6 heteroatoms. The van der Waals surface area contributed by atoms with Crippen molar-refractivity contribution in [1.29, 1.82) is 0 Å². The fourth-order valence-corrected chi connectivity index (χ4v) is 2.83. The Balaban J connectivity index is 2.55. The fraction of sp³-hybridized carbons (Fsp3) is 0.455. The van der Waals surface area contributed by atoms with Gasteiger partial charge in [0.05, 0.1) is 12.0 Å². The standard InChI is InChI=1S/C11H14ClN3OS/c1-3-7-6-8-9(15(2)4-5-16)13-11(12)14-10(8)17-7/h6,16H,3-5H2,1-2H3. The van der Waals surface area contributed by atoms with Gasteiger partial charge in [0, 0.05) is 18.5 Å². The molecule has 0 radical (unpaired) electrons. The van der Waals surface area contributed by atoms with Crippen molar-refractivity contribution in [3.63, 3.8) is 0 Å². The van der Waals surface area contributed by atoms with Crippen molar-refractivity contribution in [1.82, 2.24) is 9.97 Å². The first kappa shape index (κ1) is 12.5. The Labute approximate surface area is 109 Å². The van der Waals surface area contributed by atoms with Gasteiger partial charge in [-0.1, -0.05) is 6.92 Å². The Morgan fingerprint density at radius 3 is 2.88 bits per heavy atom. The highest BCUT2D eigenvalue weighted by atomic mass is 35.5. The third kappa shape index (κ3) is 2.51. The first-order chi connectivity index (χ1) is 8.15. The van der Waals surface area contributed by atoms with Crippen LogP contribution in [0.5, 0.6) is 0 Å². The zero-order valence-corrected chi connectivity index (χ0v) is 11.3. The van der Waals surface area contributed by atoms with Crippen LogP contribution in [0, 0.1) is 0 Å². The van der Waals surface area contributed by atoms with Crippen LogP contribution >= 0.6 is 22.9 Å². The number of aliphatic hydroxyl groups excluding tert-OH is 1. The maximum atomic E-state index is 8.98. The summed E-state index contributed by atoms with van der Waals surface area (Å²) in [5.41, 5.74) is 0. The molecule has 0 saturated heterocycles. The van der Waals surface area contributed by atoms with Gasteiger partial charge >= 0.3 is 0 Å². The molecule has 92 valence electrons. The largest absolute Gasteiger partial charge is 0.395 e. The molecule has 2 rings (SSSR count). The summed E-state index contributed by atoms with van der Waals surface area (Å²) in [5, 5.41) is 10.2. The monoisotopic (exact) mass is 271 g/mol. The average molecular weight is 272 g/mol. The van der Waals surface area contributed by atoms with Crippen LogP contribution in [0.3, 0.4) is 0 Å². The Morgan fingerprint density at radius 2 is 2.24 bits per heavy atom. The van der Waals surface area contributed by atoms with Crippen LogP contribution in [-0.2, 0) is 6.42 Å². The maximum absolute atomic E-state index is 8.98. The van der Waals surface area contributed by atoms with Crippen molar-refractivity contribution in [3.05, 3.63) is 16.2 Å². The van der Waals surface area contributed by atoms with E-state index in [4.69, 9.17) is 16.7 Å². The lowest BCUT2D eigenvalue weighted by Crippen LogP contribution is -2.22. The third-order valence-electron chi connectivity index (χ3n) is 2.54. The highest BCUT2D eigenvalue weighted by molar-refractivity contribution is 7.18. The molecule has 0 unspecified atom stereocenters. The van der Waals surface area contributed by atoms with Crippen molar-refractivity contribution in [2.24, 2.45) is 0 Å². The van der Waals surface area contributed by atoms with Crippen molar-refractivity contribution in [2.75, 3.05) is 25.1 Å². The summed E-state index contributed by atoms with van der Waals surface area (Å²) in [6.45, 7) is 2.72. The number of likely N-dealkylation sites (N-methyl/N-ethyl adjacent to an activating group) is 1. The molecule has 1 N–H and O–H groups in total. The molecule has 2 heterocycles. The van der Waals surface area contributed by atoms with Gasteiger partial charge in [-0.3, -0.25) is 0 Å². The molecular weight excluding hydrogens is 258 g/mol. The van der Waals surface area contributed by atoms with Crippen LogP contribution in [0.4, 0.5) is 5.82 Å². The lowest BCUT2D eigenvalue weighted by Gasteiger charge is -2.17. The number of thiophene rings is 1. The highest BCUT2D eigenvalue weighted by Gasteiger charge is 2.13. The minimum absolute atomic E-state index is 0.0877. The molecule has 0 bridgehead atoms. The second kappa shape index (κ2) is 5.16. The van der Waals surface area contributed by atoms with Crippen molar-refractivity contribution >= 4 is 39.0 Å². The molecule has 0 aliphatic rings. The number of nitrogens with zero attached hydrogens (tertiary/aromatic N) is 3. The van der Waals surface area contributed by atoms with Gasteiger partial charge in [0.1, 0.15) is 10.6 Å². The number of halogens is 1. The normalized spacial score (nSPS) is 11.1. The minimum atomic E-state index is 0.0877. The molecule has 4 nitrogen and oxygen atoms in total. The van der Waals surface area contributed by atoms with E-state index >= 15 is 0 Å². The molecule has 2 aromatic heterocycles. The Kier molecular flexibility index (Phi) is 3.81. The van der Waals surface area contributed by atoms with Crippen LogP contribution < -0.4 is 4.90 Å². The smallest absolute Gasteiger partial charge is 0.225 e. The second-order valence-electron chi connectivity index (χ2n) is 3.75. The summed E-state index contributed by atoms with van der Waals surface area (Å²) in [5.74, 6) is 0.782. The van der Waals surface area contributed by atoms with E-state index in [0.717, 1.165) is 22.5 Å². The minimum Gasteiger partial charge on any atom is -0.395 e. The molecule has 0 atom stereocenters. The number of hydrogen-bond donors (Lipinski definition) is 1. The van der Waals surface area contributed by atoms with Crippen LogP contribution in [0.2, 0.25) is 5.28 Å². The first-order valence-corrected chi connectivity index (χ1v) is 6.63. The molecule has 0 saturated carbocycles. The van der Waals surface area contributed by atoms with Gasteiger partial charge in [0.15, 0.2) is 0 Å². The van der Waals surface area contributed by atoms with Crippen LogP contribution in [0.25, 0.3) is 10.2 Å². The van der Waals surface area contributed by atoms with Gasteiger partial charge in [-0.05, 0) is 24.1 Å². The molecule has 0 amide bonds. The maximum Gasteiger partial charge on any atom is 0.225 e. The number of hydrogen-bond acceptors (Lipinski definition) is 5. The summed E-state index contributed by atoms with van der Waals surface area (Å²) in [6, 6.07) is 2.10. The van der Waals surface area contributed by atoms with Crippen LogP contribution in [0.1, 0.15) is 11.8 Å². The average Bonchev–Trinajstić information content (AvgIpc) is 2.70. The fourth-order valence-electron chi connectivity index (χ4n) is 1.65. The lowest BCUT2D eigenvalue weighted by atomic mass is 10.3. The molecule has 17 heavy (non-hydrogen) atoms. The van der Waals surface area contributed by atoms with Crippen molar-refractivity contribution in [3.8, 4) is 0 Å².